The summed E-state index contributed by atoms with van der Waals surface area (Å²) < 4.78 is 5.22. The van der Waals surface area contributed by atoms with E-state index >= 15 is 0 Å². The fourth-order valence-electron chi connectivity index (χ4n) is 2.22. The van der Waals surface area contributed by atoms with Gasteiger partial charge in [-0.05, 0) is 45.8 Å². The van der Waals surface area contributed by atoms with E-state index in [1.165, 1.54) is 25.9 Å². The maximum absolute atomic E-state index is 8.55. The number of hydrogen-bond acceptors (Lipinski definition) is 4. The van der Waals surface area contributed by atoms with Crippen molar-refractivity contribution in [2.75, 3.05) is 46.5 Å². The number of aliphatic hydroxyl groups excluding tert-OH is 1. The first-order valence-corrected chi connectivity index (χ1v) is 6.34. The first-order chi connectivity index (χ1) is 7.74. The number of nitrogens with one attached hydrogen (secondary N) is 1. The average molecular weight is 230 g/mol. The fourth-order valence-corrected chi connectivity index (χ4v) is 2.22. The molecule has 0 spiro atoms. The number of aliphatic hydroxyl groups is 1. The number of ether oxygens (including phenoxy) is 1. The lowest BCUT2D eigenvalue weighted by Crippen LogP contribution is -2.41. The minimum atomic E-state index is 0.116. The van der Waals surface area contributed by atoms with E-state index in [0.29, 0.717) is 19.3 Å². The molecule has 1 saturated heterocycles. The van der Waals surface area contributed by atoms with Crippen molar-refractivity contribution in [1.82, 2.24) is 10.2 Å². The fraction of sp³-hybridized carbons (Fsp3) is 1.00. The second-order valence-corrected chi connectivity index (χ2v) is 4.72. The normalized spacial score (nSPS) is 21.2. The zero-order valence-electron chi connectivity index (χ0n) is 10.6. The van der Waals surface area contributed by atoms with Crippen molar-refractivity contribution in [1.29, 1.82) is 0 Å². The van der Waals surface area contributed by atoms with Gasteiger partial charge in [-0.25, -0.2) is 0 Å². The summed E-state index contributed by atoms with van der Waals surface area (Å²) in [5.41, 5.74) is 0. The molecule has 1 rings (SSSR count). The molecular formula is C12H26N2O2. The zero-order valence-corrected chi connectivity index (χ0v) is 10.6. The molecule has 1 unspecified atom stereocenters. The summed E-state index contributed by atoms with van der Waals surface area (Å²) in [5.74, 6) is 0.800. The molecule has 1 atom stereocenters. The van der Waals surface area contributed by atoms with E-state index in [1.54, 1.807) is 0 Å². The van der Waals surface area contributed by atoms with Gasteiger partial charge in [-0.1, -0.05) is 0 Å². The Kier molecular flexibility index (Phi) is 6.96. The smallest absolute Gasteiger partial charge is 0.0698 e. The van der Waals surface area contributed by atoms with Crippen molar-refractivity contribution < 1.29 is 9.84 Å². The van der Waals surface area contributed by atoms with Gasteiger partial charge in [0.05, 0.1) is 19.8 Å². The first-order valence-electron chi connectivity index (χ1n) is 6.34. The van der Waals surface area contributed by atoms with Gasteiger partial charge in [0.2, 0.25) is 0 Å². The lowest BCUT2D eigenvalue weighted by Gasteiger charge is -2.33. The van der Waals surface area contributed by atoms with Crippen LogP contribution in [0.25, 0.3) is 0 Å². The molecule has 0 aliphatic carbocycles. The molecule has 1 aliphatic rings. The van der Waals surface area contributed by atoms with Gasteiger partial charge in [-0.15, -0.1) is 0 Å². The third-order valence-corrected chi connectivity index (χ3v) is 3.42. The summed E-state index contributed by atoms with van der Waals surface area (Å²) in [6.07, 6.45) is 2.59. The van der Waals surface area contributed by atoms with Crippen LogP contribution >= 0.6 is 0 Å². The van der Waals surface area contributed by atoms with Gasteiger partial charge in [0.1, 0.15) is 0 Å². The van der Waals surface area contributed by atoms with Gasteiger partial charge in [0.15, 0.2) is 0 Å². The molecule has 0 bridgehead atoms. The number of likely N-dealkylation sites (tertiary alicyclic amines) is 1. The van der Waals surface area contributed by atoms with Gasteiger partial charge in [0.25, 0.3) is 0 Å². The van der Waals surface area contributed by atoms with E-state index in [2.05, 4.69) is 24.2 Å². The summed E-state index contributed by atoms with van der Waals surface area (Å²) in [4.78, 5) is 2.40. The molecule has 0 aromatic carbocycles. The second-order valence-electron chi connectivity index (χ2n) is 4.72. The van der Waals surface area contributed by atoms with Crippen LogP contribution in [-0.4, -0.2) is 62.6 Å². The lowest BCUT2D eigenvalue weighted by atomic mass is 9.90. The summed E-state index contributed by atoms with van der Waals surface area (Å²) >= 11 is 0. The molecule has 16 heavy (non-hydrogen) atoms. The van der Waals surface area contributed by atoms with Crippen LogP contribution in [0.5, 0.6) is 0 Å². The molecule has 1 heterocycles. The van der Waals surface area contributed by atoms with Crippen LogP contribution in [0, 0.1) is 5.92 Å². The lowest BCUT2D eigenvalue weighted by molar-refractivity contribution is 0.0902. The van der Waals surface area contributed by atoms with Crippen LogP contribution in [0.3, 0.4) is 0 Å². The van der Waals surface area contributed by atoms with Crippen LogP contribution < -0.4 is 5.32 Å². The van der Waals surface area contributed by atoms with Gasteiger partial charge in [-0.2, -0.15) is 0 Å². The van der Waals surface area contributed by atoms with Crippen molar-refractivity contribution in [2.24, 2.45) is 5.92 Å². The summed E-state index contributed by atoms with van der Waals surface area (Å²) in [5, 5.41) is 12.1. The highest BCUT2D eigenvalue weighted by Crippen LogP contribution is 2.19. The van der Waals surface area contributed by atoms with Crippen molar-refractivity contribution in [2.45, 2.75) is 25.8 Å². The maximum Gasteiger partial charge on any atom is 0.0698 e. The van der Waals surface area contributed by atoms with E-state index in [4.69, 9.17) is 9.84 Å². The minimum absolute atomic E-state index is 0.116. The minimum Gasteiger partial charge on any atom is -0.394 e. The van der Waals surface area contributed by atoms with Crippen LogP contribution in [0.15, 0.2) is 0 Å². The SMILES string of the molecule is CC(NCCOCCO)C1CCN(C)CC1. The molecule has 96 valence electrons. The predicted molar refractivity (Wildman–Crippen MR) is 65.6 cm³/mol. The average Bonchev–Trinajstić information content (AvgIpc) is 2.29. The molecule has 2 N–H and O–H groups in total. The van der Waals surface area contributed by atoms with Crippen molar-refractivity contribution in [3.05, 3.63) is 0 Å². The van der Waals surface area contributed by atoms with E-state index in [9.17, 15) is 0 Å². The summed E-state index contributed by atoms with van der Waals surface area (Å²) in [6, 6.07) is 0.575. The van der Waals surface area contributed by atoms with Crippen LogP contribution in [0.4, 0.5) is 0 Å². The van der Waals surface area contributed by atoms with Gasteiger partial charge >= 0.3 is 0 Å². The Morgan fingerprint density at radius 1 is 1.38 bits per heavy atom. The molecule has 0 amide bonds. The molecular weight excluding hydrogens is 204 g/mol. The summed E-state index contributed by atoms with van der Waals surface area (Å²) in [7, 11) is 2.19. The first kappa shape index (κ1) is 13.9. The van der Waals surface area contributed by atoms with Crippen molar-refractivity contribution >= 4 is 0 Å². The van der Waals surface area contributed by atoms with Gasteiger partial charge < -0.3 is 20.1 Å². The number of piperidine rings is 1. The van der Waals surface area contributed by atoms with Crippen molar-refractivity contribution in [3.63, 3.8) is 0 Å². The number of rotatable bonds is 7. The second kappa shape index (κ2) is 8.01. The summed E-state index contributed by atoms with van der Waals surface area (Å²) in [6.45, 7) is 6.84. The standard InChI is InChI=1S/C12H26N2O2/c1-11(13-5-9-16-10-8-15)12-3-6-14(2)7-4-12/h11-13,15H,3-10H2,1-2H3. The third-order valence-electron chi connectivity index (χ3n) is 3.42. The Balaban J connectivity index is 2.03. The zero-order chi connectivity index (χ0) is 11.8. The number of hydrogen-bond donors (Lipinski definition) is 2. The molecule has 0 aromatic heterocycles. The monoisotopic (exact) mass is 230 g/mol. The molecule has 1 aliphatic heterocycles. The van der Waals surface area contributed by atoms with Crippen molar-refractivity contribution in [3.8, 4) is 0 Å². The van der Waals surface area contributed by atoms with Crippen LogP contribution in [0.2, 0.25) is 0 Å². The third kappa shape index (κ3) is 5.25. The molecule has 0 radical (unpaired) electrons. The molecule has 0 aromatic rings. The highest BCUT2D eigenvalue weighted by Gasteiger charge is 2.21. The van der Waals surface area contributed by atoms with E-state index in [-0.39, 0.29) is 6.61 Å². The Morgan fingerprint density at radius 3 is 2.69 bits per heavy atom. The number of nitrogens with zero attached hydrogens (tertiary/aromatic N) is 1. The molecule has 4 heteroatoms. The van der Waals surface area contributed by atoms with Crippen LogP contribution in [-0.2, 0) is 4.74 Å². The molecule has 4 nitrogen and oxygen atoms in total. The predicted octanol–water partition coefficient (Wildman–Crippen LogP) is 0.315. The van der Waals surface area contributed by atoms with E-state index < -0.39 is 0 Å². The highest BCUT2D eigenvalue weighted by atomic mass is 16.5. The topological polar surface area (TPSA) is 44.7 Å². The largest absolute Gasteiger partial charge is 0.394 e. The van der Waals surface area contributed by atoms with E-state index in [1.807, 2.05) is 0 Å². The molecule has 0 saturated carbocycles. The van der Waals surface area contributed by atoms with E-state index in [0.717, 1.165) is 12.5 Å². The van der Waals surface area contributed by atoms with Gasteiger partial charge in [0, 0.05) is 12.6 Å². The Morgan fingerprint density at radius 2 is 2.06 bits per heavy atom. The quantitative estimate of drug-likeness (QED) is 0.618. The molecule has 1 fully saturated rings. The Hall–Kier alpha value is -0.160. The van der Waals surface area contributed by atoms with Crippen LogP contribution in [0.1, 0.15) is 19.8 Å². The Labute approximate surface area is 99.0 Å². The maximum atomic E-state index is 8.55. The Bertz CT molecular complexity index is 170. The van der Waals surface area contributed by atoms with Gasteiger partial charge in [-0.3, -0.25) is 0 Å². The highest BCUT2D eigenvalue weighted by molar-refractivity contribution is 4.78.